The fourth-order valence-electron chi connectivity index (χ4n) is 12.6. The van der Waals surface area contributed by atoms with Crippen molar-refractivity contribution >= 4 is 39.5 Å². The van der Waals surface area contributed by atoms with E-state index < -0.39 is 97.5 Å². The van der Waals surface area contributed by atoms with Crippen molar-refractivity contribution in [2.24, 2.45) is 5.92 Å². The van der Waals surface area contributed by atoms with Crippen LogP contribution in [0, 0.1) is 5.92 Å². The molecule has 0 rings (SSSR count). The maximum Gasteiger partial charge on any atom is 0.472 e. The van der Waals surface area contributed by atoms with Crippen LogP contribution in [-0.2, 0) is 65.4 Å². The zero-order valence-corrected chi connectivity index (χ0v) is 67.1. The Morgan fingerprint density at radius 1 is 0.270 bits per heavy atom. The molecule has 0 radical (unpaired) electrons. The van der Waals surface area contributed by atoms with E-state index in [1.54, 1.807) is 0 Å². The second-order valence-electron chi connectivity index (χ2n) is 29.6. The van der Waals surface area contributed by atoms with Gasteiger partial charge in [-0.2, -0.15) is 0 Å². The molecule has 0 amide bonds. The summed E-state index contributed by atoms with van der Waals surface area (Å²) in [5.41, 5.74) is 0. The Balaban J connectivity index is 5.20. The van der Waals surface area contributed by atoms with Crippen molar-refractivity contribution in [3.05, 3.63) is 0 Å². The first kappa shape index (κ1) is 98.1. The molecule has 0 saturated carbocycles. The summed E-state index contributed by atoms with van der Waals surface area (Å²) < 4.78 is 68.7. The number of aliphatic hydroxyl groups excluding tert-OH is 1. The standard InChI is InChI=1S/C81H158O17P2/c1-6-9-12-15-18-21-24-26-28-30-32-34-36-38-40-42-45-51-56-61-66-80(85)97-76(70-92-79(84)65-60-55-50-44-41-39-37-35-33-31-29-27-25-22-19-16-13-10-7-2)72-95-99(87,88)93-68-75(82)69-94-100(89,90)96-73-77(71-91-78(83)64-59-54-49-43-23-20-17-14-11-8-3)98-81(86)67-62-57-52-47-46-48-53-58-63-74(4)5/h74-77,82H,6-73H2,1-5H3,(H,87,88)(H,89,90)/t75-,76-,77-/m1/s1. The Morgan fingerprint density at radius 2 is 0.460 bits per heavy atom. The molecule has 0 spiro atoms. The first-order chi connectivity index (χ1) is 48.5. The maximum atomic E-state index is 13.1. The summed E-state index contributed by atoms with van der Waals surface area (Å²) in [6.45, 7) is 7.27. The Hall–Kier alpha value is -1.94. The van der Waals surface area contributed by atoms with Crippen molar-refractivity contribution in [1.29, 1.82) is 0 Å². The van der Waals surface area contributed by atoms with Crippen LogP contribution in [0.25, 0.3) is 0 Å². The van der Waals surface area contributed by atoms with Gasteiger partial charge in [0.15, 0.2) is 12.2 Å². The lowest BCUT2D eigenvalue weighted by molar-refractivity contribution is -0.161. The van der Waals surface area contributed by atoms with Crippen molar-refractivity contribution in [2.45, 2.75) is 451 Å². The molecule has 0 aliphatic heterocycles. The molecule has 17 nitrogen and oxygen atoms in total. The third kappa shape index (κ3) is 74.3. The lowest BCUT2D eigenvalue weighted by Gasteiger charge is -2.21. The van der Waals surface area contributed by atoms with E-state index in [1.165, 1.54) is 257 Å². The number of phosphoric ester groups is 2. The minimum Gasteiger partial charge on any atom is -0.462 e. The van der Waals surface area contributed by atoms with E-state index in [0.717, 1.165) is 95.8 Å². The summed E-state index contributed by atoms with van der Waals surface area (Å²) in [7, 11) is -9.92. The van der Waals surface area contributed by atoms with Gasteiger partial charge in [-0.05, 0) is 31.6 Å². The first-order valence-corrected chi connectivity index (χ1v) is 45.1. The SMILES string of the molecule is CCCCCCCCCCCCCCCCCCCCCCC(=O)O[C@H](COC(=O)CCCCCCCCCCCCCCCCCCCCC)COP(=O)(O)OC[C@@H](O)COP(=O)(O)OC[C@@H](COC(=O)CCCCCCCCCCCC)OC(=O)CCCCCCCCCCC(C)C. The highest BCUT2D eigenvalue weighted by molar-refractivity contribution is 7.47. The molecule has 5 atom stereocenters. The van der Waals surface area contributed by atoms with E-state index in [0.29, 0.717) is 25.7 Å². The molecule has 0 aliphatic carbocycles. The molecule has 0 aromatic heterocycles. The van der Waals surface area contributed by atoms with Crippen LogP contribution in [0.1, 0.15) is 433 Å². The average molecular weight is 1470 g/mol. The van der Waals surface area contributed by atoms with Crippen LogP contribution >= 0.6 is 15.6 Å². The molecular formula is C81H158O17P2. The largest absolute Gasteiger partial charge is 0.472 e. The van der Waals surface area contributed by atoms with E-state index in [-0.39, 0.29) is 25.7 Å². The highest BCUT2D eigenvalue weighted by atomic mass is 31.2. The predicted octanol–water partition coefficient (Wildman–Crippen LogP) is 24.4. The van der Waals surface area contributed by atoms with Gasteiger partial charge in [-0.3, -0.25) is 37.3 Å². The van der Waals surface area contributed by atoms with Gasteiger partial charge < -0.3 is 33.8 Å². The van der Waals surface area contributed by atoms with Crippen LogP contribution in [0.2, 0.25) is 0 Å². The minimum atomic E-state index is -4.96. The molecule has 594 valence electrons. The summed E-state index contributed by atoms with van der Waals surface area (Å²) in [6.07, 6.45) is 65.4. The van der Waals surface area contributed by atoms with Crippen LogP contribution in [-0.4, -0.2) is 96.7 Å². The van der Waals surface area contributed by atoms with Crippen LogP contribution in [0.4, 0.5) is 0 Å². The second-order valence-corrected chi connectivity index (χ2v) is 32.5. The fourth-order valence-corrected chi connectivity index (χ4v) is 14.2. The lowest BCUT2D eigenvalue weighted by Crippen LogP contribution is -2.30. The number of carbonyl (C=O) groups is 4. The molecule has 0 saturated heterocycles. The van der Waals surface area contributed by atoms with Gasteiger partial charge in [-0.25, -0.2) is 9.13 Å². The van der Waals surface area contributed by atoms with E-state index in [1.807, 2.05) is 0 Å². The third-order valence-electron chi connectivity index (χ3n) is 19.0. The minimum absolute atomic E-state index is 0.105. The lowest BCUT2D eigenvalue weighted by atomic mass is 10.0. The molecule has 0 aliphatic rings. The van der Waals surface area contributed by atoms with Gasteiger partial charge in [0.25, 0.3) is 0 Å². The van der Waals surface area contributed by atoms with Gasteiger partial charge in [0.05, 0.1) is 26.4 Å². The summed E-state index contributed by atoms with van der Waals surface area (Å²) in [6, 6.07) is 0. The van der Waals surface area contributed by atoms with Crippen molar-refractivity contribution in [3.8, 4) is 0 Å². The molecule has 0 heterocycles. The summed E-state index contributed by atoms with van der Waals surface area (Å²) in [5.74, 6) is -1.39. The molecule has 2 unspecified atom stereocenters. The van der Waals surface area contributed by atoms with Gasteiger partial charge >= 0.3 is 39.5 Å². The molecule has 19 heteroatoms. The number of hydrogen-bond acceptors (Lipinski definition) is 15. The zero-order valence-electron chi connectivity index (χ0n) is 65.3. The Morgan fingerprint density at radius 3 is 0.680 bits per heavy atom. The van der Waals surface area contributed by atoms with Crippen molar-refractivity contribution in [2.75, 3.05) is 39.6 Å². The number of rotatable bonds is 81. The normalized spacial score (nSPS) is 13.8. The quantitative estimate of drug-likeness (QED) is 0.0222. The van der Waals surface area contributed by atoms with Gasteiger partial charge in [0, 0.05) is 25.7 Å². The number of ether oxygens (including phenoxy) is 4. The highest BCUT2D eigenvalue weighted by Crippen LogP contribution is 2.45. The van der Waals surface area contributed by atoms with Crippen LogP contribution in [0.15, 0.2) is 0 Å². The van der Waals surface area contributed by atoms with Crippen LogP contribution < -0.4 is 0 Å². The molecule has 0 fully saturated rings. The number of carbonyl (C=O) groups excluding carboxylic acids is 4. The molecule has 3 N–H and O–H groups in total. The highest BCUT2D eigenvalue weighted by Gasteiger charge is 2.30. The Kier molecular flexibility index (Phi) is 72.5. The first-order valence-electron chi connectivity index (χ1n) is 42.1. The van der Waals surface area contributed by atoms with E-state index in [4.69, 9.17) is 37.0 Å². The van der Waals surface area contributed by atoms with Crippen molar-refractivity contribution in [3.63, 3.8) is 0 Å². The van der Waals surface area contributed by atoms with E-state index >= 15 is 0 Å². The van der Waals surface area contributed by atoms with E-state index in [2.05, 4.69) is 34.6 Å². The molecule has 100 heavy (non-hydrogen) atoms. The monoisotopic (exact) mass is 1470 g/mol. The summed E-state index contributed by atoms with van der Waals surface area (Å²) in [4.78, 5) is 72.9. The van der Waals surface area contributed by atoms with Crippen LogP contribution in [0.5, 0.6) is 0 Å². The van der Waals surface area contributed by atoms with Gasteiger partial charge in [-0.15, -0.1) is 0 Å². The fraction of sp³-hybridized carbons (Fsp3) is 0.951. The number of aliphatic hydroxyl groups is 1. The predicted molar refractivity (Wildman–Crippen MR) is 409 cm³/mol. The molecule has 0 aromatic rings. The zero-order chi connectivity index (χ0) is 73.4. The number of phosphoric acid groups is 2. The van der Waals surface area contributed by atoms with Gasteiger partial charge in [-0.1, -0.05) is 381 Å². The Labute approximate surface area is 613 Å². The maximum absolute atomic E-state index is 13.1. The summed E-state index contributed by atoms with van der Waals surface area (Å²) >= 11 is 0. The molecular weight excluding hydrogens is 1310 g/mol. The van der Waals surface area contributed by atoms with Crippen molar-refractivity contribution in [1.82, 2.24) is 0 Å². The van der Waals surface area contributed by atoms with Crippen molar-refractivity contribution < 1.29 is 80.2 Å². The van der Waals surface area contributed by atoms with Gasteiger partial charge in [0.1, 0.15) is 19.3 Å². The van der Waals surface area contributed by atoms with Crippen LogP contribution in [0.3, 0.4) is 0 Å². The second kappa shape index (κ2) is 73.9. The third-order valence-corrected chi connectivity index (χ3v) is 20.9. The number of hydrogen-bond donors (Lipinski definition) is 3. The summed E-state index contributed by atoms with van der Waals surface area (Å²) in [5, 5.41) is 10.6. The topological polar surface area (TPSA) is 237 Å². The molecule has 0 aromatic carbocycles. The number of unbranched alkanes of at least 4 members (excludes halogenated alkanes) is 53. The number of esters is 4. The average Bonchev–Trinajstić information content (AvgIpc) is 0.933. The Bertz CT molecular complexity index is 1910. The smallest absolute Gasteiger partial charge is 0.462 e. The van der Waals surface area contributed by atoms with Gasteiger partial charge in [0.2, 0.25) is 0 Å². The molecule has 0 bridgehead atoms. The van der Waals surface area contributed by atoms with E-state index in [9.17, 15) is 43.2 Å².